The van der Waals surface area contributed by atoms with E-state index in [4.69, 9.17) is 0 Å². The molecule has 1 saturated heterocycles. The van der Waals surface area contributed by atoms with E-state index in [0.717, 1.165) is 31.2 Å². The van der Waals surface area contributed by atoms with Crippen molar-refractivity contribution in [1.29, 1.82) is 0 Å². The van der Waals surface area contributed by atoms with Crippen LogP contribution in [-0.2, 0) is 10.0 Å². The number of piperidine rings is 1. The second-order valence-electron chi connectivity index (χ2n) is 8.34. The molecule has 0 unspecified atom stereocenters. The summed E-state index contributed by atoms with van der Waals surface area (Å²) in [5, 5.41) is 19.7. The maximum Gasteiger partial charge on any atom is 0.273 e. The Morgan fingerprint density at radius 2 is 1.94 bits per heavy atom. The number of nitrogens with one attached hydrogen (secondary N) is 2. The van der Waals surface area contributed by atoms with Gasteiger partial charge in [0.1, 0.15) is 11.4 Å². The molecule has 1 amide bonds. The lowest BCUT2D eigenvalue weighted by molar-refractivity contribution is 0.102. The maximum absolute atomic E-state index is 13.1. The van der Waals surface area contributed by atoms with E-state index in [0.29, 0.717) is 23.5 Å². The normalized spacial score (nSPS) is 17.1. The first-order valence-corrected chi connectivity index (χ1v) is 12.5. The molecule has 8 nitrogen and oxygen atoms in total. The highest BCUT2D eigenvalue weighted by atomic mass is 32.2. The van der Waals surface area contributed by atoms with Crippen LogP contribution in [0.25, 0.3) is 11.3 Å². The van der Waals surface area contributed by atoms with E-state index in [9.17, 15) is 18.3 Å². The predicted molar refractivity (Wildman–Crippen MR) is 127 cm³/mol. The van der Waals surface area contributed by atoms with E-state index in [-0.39, 0.29) is 22.4 Å². The molecule has 1 aliphatic rings. The fourth-order valence-corrected chi connectivity index (χ4v) is 5.94. The van der Waals surface area contributed by atoms with Crippen LogP contribution in [0.15, 0.2) is 53.4 Å². The van der Waals surface area contributed by atoms with E-state index in [1.54, 1.807) is 34.6 Å². The van der Waals surface area contributed by atoms with E-state index in [1.807, 2.05) is 19.9 Å². The number of anilines is 1. The number of phenolic OH excluding ortho intramolecular Hbond substituents is 1. The summed E-state index contributed by atoms with van der Waals surface area (Å²) in [6.07, 6.45) is 3.60. The number of sulfonamides is 1. The van der Waals surface area contributed by atoms with Crippen molar-refractivity contribution in [3.8, 4) is 17.0 Å². The predicted octanol–water partition coefficient (Wildman–Crippen LogP) is 4.30. The molecule has 3 aromatic rings. The summed E-state index contributed by atoms with van der Waals surface area (Å²) in [6, 6.07) is 13.0. The van der Waals surface area contributed by atoms with Crippen LogP contribution >= 0.6 is 0 Å². The number of aromatic nitrogens is 2. The Labute approximate surface area is 193 Å². The van der Waals surface area contributed by atoms with E-state index in [2.05, 4.69) is 15.5 Å². The Bertz CT molecular complexity index is 1250. The van der Waals surface area contributed by atoms with Crippen LogP contribution in [-0.4, -0.2) is 46.5 Å². The van der Waals surface area contributed by atoms with E-state index < -0.39 is 15.9 Å². The summed E-state index contributed by atoms with van der Waals surface area (Å²) < 4.78 is 27.8. The number of benzene rings is 2. The molecule has 1 atom stereocenters. The van der Waals surface area contributed by atoms with Gasteiger partial charge in [0.2, 0.25) is 10.0 Å². The maximum atomic E-state index is 13.1. The van der Waals surface area contributed by atoms with Crippen molar-refractivity contribution < 1.29 is 18.3 Å². The fourth-order valence-electron chi connectivity index (χ4n) is 4.18. The van der Waals surface area contributed by atoms with Crippen LogP contribution in [0.5, 0.6) is 5.75 Å². The number of rotatable bonds is 6. The number of aromatic amines is 1. The average molecular weight is 469 g/mol. The third kappa shape index (κ3) is 4.79. The largest absolute Gasteiger partial charge is 0.507 e. The smallest absolute Gasteiger partial charge is 0.273 e. The van der Waals surface area contributed by atoms with Crippen LogP contribution in [0.2, 0.25) is 0 Å². The van der Waals surface area contributed by atoms with Gasteiger partial charge in [-0.05, 0) is 74.2 Å². The number of hydrogen-bond donors (Lipinski definition) is 3. The van der Waals surface area contributed by atoms with Crippen LogP contribution in [0.1, 0.15) is 48.7 Å². The van der Waals surface area contributed by atoms with Crippen molar-refractivity contribution >= 4 is 21.6 Å². The summed E-state index contributed by atoms with van der Waals surface area (Å²) in [4.78, 5) is 12.9. The zero-order chi connectivity index (χ0) is 23.6. The molecular formula is C24H28N4O4S. The lowest BCUT2D eigenvalue weighted by Crippen LogP contribution is -2.43. The molecule has 0 aliphatic carbocycles. The highest BCUT2D eigenvalue weighted by Crippen LogP contribution is 2.30. The molecule has 0 bridgehead atoms. The van der Waals surface area contributed by atoms with Gasteiger partial charge in [0, 0.05) is 23.8 Å². The molecule has 4 rings (SSSR count). The average Bonchev–Trinajstić information content (AvgIpc) is 3.29. The number of H-pyrrole nitrogens is 1. The lowest BCUT2D eigenvalue weighted by Gasteiger charge is -2.34. The third-order valence-electron chi connectivity index (χ3n) is 6.01. The molecule has 2 heterocycles. The Hall–Kier alpha value is -3.17. The molecule has 1 aliphatic heterocycles. The summed E-state index contributed by atoms with van der Waals surface area (Å²) in [6.45, 7) is 4.42. The molecule has 2 aromatic carbocycles. The van der Waals surface area contributed by atoms with Gasteiger partial charge in [0.05, 0.1) is 10.6 Å². The van der Waals surface area contributed by atoms with Gasteiger partial charge in [0.25, 0.3) is 5.91 Å². The topological polar surface area (TPSA) is 115 Å². The number of nitrogens with zero attached hydrogens (tertiary/aromatic N) is 2. The molecule has 1 fully saturated rings. The second kappa shape index (κ2) is 9.36. The monoisotopic (exact) mass is 468 g/mol. The number of amides is 1. The Morgan fingerprint density at radius 3 is 2.64 bits per heavy atom. The highest BCUT2D eigenvalue weighted by molar-refractivity contribution is 7.89. The summed E-state index contributed by atoms with van der Waals surface area (Å²) in [7, 11) is -3.57. The van der Waals surface area contributed by atoms with Gasteiger partial charge < -0.3 is 10.4 Å². The number of aromatic hydroxyl groups is 1. The number of hydrogen-bond acceptors (Lipinski definition) is 5. The molecule has 0 saturated carbocycles. The SMILES string of the molecule is CC[C@H]1CCCCN1S(=O)(=O)c1ccc(NC(=O)c2cc(-c3ccc(C)cc3O)n[nH]2)cc1. The van der Waals surface area contributed by atoms with Crippen molar-refractivity contribution in [3.63, 3.8) is 0 Å². The van der Waals surface area contributed by atoms with Gasteiger partial charge in [-0.3, -0.25) is 9.89 Å². The number of carbonyl (C=O) groups is 1. The van der Waals surface area contributed by atoms with Crippen molar-refractivity contribution in [1.82, 2.24) is 14.5 Å². The fraction of sp³-hybridized carbons (Fsp3) is 0.333. The first-order chi connectivity index (χ1) is 15.8. The standard InChI is InChI=1S/C24H28N4O4S/c1-3-18-6-4-5-13-28(18)33(31,32)19-10-8-17(9-11-19)25-24(30)22-15-21(26-27-22)20-12-7-16(2)14-23(20)29/h7-12,14-15,18,29H,3-6,13H2,1-2H3,(H,25,30)(H,26,27)/t18-/m0/s1. The molecule has 1 aromatic heterocycles. The lowest BCUT2D eigenvalue weighted by atomic mass is 10.0. The molecule has 0 spiro atoms. The number of aryl methyl sites for hydroxylation is 1. The summed E-state index contributed by atoms with van der Waals surface area (Å²) in [5.74, 6) is -0.331. The van der Waals surface area contributed by atoms with Crippen LogP contribution in [0.3, 0.4) is 0 Å². The van der Waals surface area contributed by atoms with Gasteiger partial charge in [0.15, 0.2) is 0 Å². The van der Waals surface area contributed by atoms with Crippen LogP contribution in [0.4, 0.5) is 5.69 Å². The third-order valence-corrected chi connectivity index (χ3v) is 7.98. The molecular weight excluding hydrogens is 440 g/mol. The molecule has 9 heteroatoms. The van der Waals surface area contributed by atoms with Crippen molar-refractivity contribution in [2.24, 2.45) is 0 Å². The zero-order valence-corrected chi connectivity index (χ0v) is 19.5. The van der Waals surface area contributed by atoms with Crippen LogP contribution < -0.4 is 5.32 Å². The number of carbonyl (C=O) groups excluding carboxylic acids is 1. The molecule has 33 heavy (non-hydrogen) atoms. The Kier molecular flexibility index (Phi) is 6.53. The van der Waals surface area contributed by atoms with Crippen LogP contribution in [0, 0.1) is 6.92 Å². The van der Waals surface area contributed by atoms with Crippen molar-refractivity contribution in [2.45, 2.75) is 50.5 Å². The van der Waals surface area contributed by atoms with Crippen molar-refractivity contribution in [3.05, 3.63) is 59.8 Å². The van der Waals surface area contributed by atoms with Gasteiger partial charge in [-0.15, -0.1) is 0 Å². The van der Waals surface area contributed by atoms with E-state index in [1.165, 1.54) is 12.1 Å². The Balaban J connectivity index is 1.47. The first-order valence-electron chi connectivity index (χ1n) is 11.1. The second-order valence-corrected chi connectivity index (χ2v) is 10.2. The quantitative estimate of drug-likeness (QED) is 0.499. The van der Waals surface area contributed by atoms with Gasteiger partial charge >= 0.3 is 0 Å². The van der Waals surface area contributed by atoms with Gasteiger partial charge in [-0.25, -0.2) is 8.42 Å². The van der Waals surface area contributed by atoms with Gasteiger partial charge in [-0.1, -0.05) is 19.4 Å². The highest BCUT2D eigenvalue weighted by Gasteiger charge is 2.32. The van der Waals surface area contributed by atoms with Gasteiger partial charge in [-0.2, -0.15) is 9.40 Å². The minimum atomic E-state index is -3.57. The Morgan fingerprint density at radius 1 is 1.18 bits per heavy atom. The summed E-state index contributed by atoms with van der Waals surface area (Å²) >= 11 is 0. The number of phenols is 1. The molecule has 174 valence electrons. The summed E-state index contributed by atoms with van der Waals surface area (Å²) in [5.41, 5.74) is 2.58. The van der Waals surface area contributed by atoms with E-state index >= 15 is 0 Å². The minimum Gasteiger partial charge on any atom is -0.507 e. The van der Waals surface area contributed by atoms with Crippen molar-refractivity contribution in [2.75, 3.05) is 11.9 Å². The molecule has 3 N–H and O–H groups in total. The first kappa shape index (κ1) is 23.0. The molecule has 0 radical (unpaired) electrons. The minimum absolute atomic E-state index is 0.0330. The zero-order valence-electron chi connectivity index (χ0n) is 18.7.